The maximum absolute atomic E-state index is 12.2. The Balaban J connectivity index is 1.72. The molecule has 0 atom stereocenters. The molecule has 6 heteroatoms. The highest BCUT2D eigenvalue weighted by atomic mass is 79.9. The van der Waals surface area contributed by atoms with Gasteiger partial charge in [0.1, 0.15) is 5.75 Å². The smallest absolute Gasteiger partial charge is 0.422 e. The maximum atomic E-state index is 12.2. The van der Waals surface area contributed by atoms with E-state index < -0.39 is 11.4 Å². The number of hydrogen-bond acceptors (Lipinski definition) is 4. The SMILES string of the molecule is Cc1cc(Br)c2c(c1)c(=O)oc(=O)n2CCCCOc1ccccc1C. The van der Waals surface area contributed by atoms with Crippen molar-refractivity contribution in [2.24, 2.45) is 0 Å². The summed E-state index contributed by atoms with van der Waals surface area (Å²) in [6, 6.07) is 11.5. The van der Waals surface area contributed by atoms with E-state index in [4.69, 9.17) is 9.15 Å². The summed E-state index contributed by atoms with van der Waals surface area (Å²) in [6.07, 6.45) is 1.51. The van der Waals surface area contributed by atoms with Crippen LogP contribution in [0.15, 0.2) is 54.9 Å². The lowest BCUT2D eigenvalue weighted by molar-refractivity contribution is 0.299. The summed E-state index contributed by atoms with van der Waals surface area (Å²) in [5.41, 5.74) is 2.00. The fourth-order valence-corrected chi connectivity index (χ4v) is 3.71. The Bertz CT molecular complexity index is 1050. The number of nitrogens with zero attached hydrogens (tertiary/aromatic N) is 1. The quantitative estimate of drug-likeness (QED) is 0.564. The molecule has 0 fully saturated rings. The molecule has 0 saturated carbocycles. The average molecular weight is 418 g/mol. The van der Waals surface area contributed by atoms with Crippen molar-refractivity contribution in [3.8, 4) is 5.75 Å². The van der Waals surface area contributed by atoms with Crippen LogP contribution in [0, 0.1) is 13.8 Å². The first-order valence-electron chi connectivity index (χ1n) is 8.49. The van der Waals surface area contributed by atoms with Gasteiger partial charge in [0, 0.05) is 11.0 Å². The van der Waals surface area contributed by atoms with E-state index in [1.54, 1.807) is 6.07 Å². The second kappa shape index (κ2) is 7.91. The number of aromatic nitrogens is 1. The molecule has 3 rings (SSSR count). The lowest BCUT2D eigenvalue weighted by atomic mass is 10.1. The van der Waals surface area contributed by atoms with Gasteiger partial charge in [0.25, 0.3) is 0 Å². The van der Waals surface area contributed by atoms with Crippen molar-refractivity contribution in [1.82, 2.24) is 4.57 Å². The Labute approximate surface area is 159 Å². The molecule has 5 nitrogen and oxygen atoms in total. The molecule has 1 aromatic heterocycles. The highest BCUT2D eigenvalue weighted by molar-refractivity contribution is 9.10. The number of hydrogen-bond donors (Lipinski definition) is 0. The number of halogens is 1. The highest BCUT2D eigenvalue weighted by Gasteiger charge is 2.13. The molecule has 0 unspecified atom stereocenters. The van der Waals surface area contributed by atoms with E-state index in [2.05, 4.69) is 15.9 Å². The minimum Gasteiger partial charge on any atom is -0.493 e. The van der Waals surface area contributed by atoms with E-state index in [1.807, 2.05) is 44.2 Å². The first-order valence-corrected chi connectivity index (χ1v) is 9.29. The standard InChI is InChI=1S/C20H20BrNO4/c1-13-11-15-18(16(21)12-13)22(20(24)26-19(15)23)9-5-6-10-25-17-8-4-3-7-14(17)2/h3-4,7-8,11-12H,5-6,9-10H2,1-2H3. The van der Waals surface area contributed by atoms with Crippen LogP contribution >= 0.6 is 15.9 Å². The van der Waals surface area contributed by atoms with Crippen LogP contribution in [0.1, 0.15) is 24.0 Å². The maximum Gasteiger partial charge on any atom is 0.422 e. The summed E-state index contributed by atoms with van der Waals surface area (Å²) in [5.74, 6) is 0.242. The molecule has 0 aliphatic heterocycles. The molecule has 26 heavy (non-hydrogen) atoms. The number of para-hydroxylation sites is 1. The summed E-state index contributed by atoms with van der Waals surface area (Å²) in [7, 11) is 0. The van der Waals surface area contributed by atoms with Gasteiger partial charge in [-0.2, -0.15) is 0 Å². The second-order valence-electron chi connectivity index (χ2n) is 6.27. The first-order chi connectivity index (χ1) is 12.5. The summed E-state index contributed by atoms with van der Waals surface area (Å²) in [6.45, 7) is 4.92. The first kappa shape index (κ1) is 18.5. The average Bonchev–Trinajstić information content (AvgIpc) is 2.59. The Hall–Kier alpha value is -2.34. The molecule has 0 spiro atoms. The van der Waals surface area contributed by atoms with Crippen molar-refractivity contribution < 1.29 is 9.15 Å². The molecule has 0 radical (unpaired) electrons. The van der Waals surface area contributed by atoms with Crippen LogP contribution in [-0.2, 0) is 6.54 Å². The van der Waals surface area contributed by atoms with Crippen molar-refractivity contribution in [3.63, 3.8) is 0 Å². The van der Waals surface area contributed by atoms with Crippen LogP contribution in [0.3, 0.4) is 0 Å². The number of fused-ring (bicyclic) bond motifs is 1. The molecule has 0 bridgehead atoms. The molecular formula is C20H20BrNO4. The van der Waals surface area contributed by atoms with Gasteiger partial charge >= 0.3 is 11.4 Å². The summed E-state index contributed by atoms with van der Waals surface area (Å²) in [5, 5.41) is 0.410. The van der Waals surface area contributed by atoms with Crippen LogP contribution in [0.5, 0.6) is 5.75 Å². The fraction of sp³-hybridized carbons (Fsp3) is 0.300. The van der Waals surface area contributed by atoms with E-state index >= 15 is 0 Å². The Kier molecular flexibility index (Phi) is 5.61. The number of ether oxygens (including phenoxy) is 1. The molecule has 0 amide bonds. The van der Waals surface area contributed by atoms with Gasteiger partial charge in [0.05, 0.1) is 17.5 Å². The van der Waals surface area contributed by atoms with Crippen molar-refractivity contribution in [3.05, 3.63) is 73.0 Å². The van der Waals surface area contributed by atoms with Crippen LogP contribution in [-0.4, -0.2) is 11.2 Å². The summed E-state index contributed by atoms with van der Waals surface area (Å²) in [4.78, 5) is 24.2. The van der Waals surface area contributed by atoms with Gasteiger partial charge in [-0.05, 0) is 71.9 Å². The van der Waals surface area contributed by atoms with Crippen LogP contribution < -0.4 is 16.1 Å². The third kappa shape index (κ3) is 3.90. The Morgan fingerprint density at radius 2 is 1.88 bits per heavy atom. The fourth-order valence-electron chi connectivity index (χ4n) is 2.92. The molecule has 0 aliphatic carbocycles. The number of aryl methyl sites for hydroxylation is 3. The normalized spacial score (nSPS) is 11.0. The molecule has 0 aliphatic rings. The molecular weight excluding hydrogens is 398 g/mol. The molecule has 0 saturated heterocycles. The molecule has 2 aromatic carbocycles. The Morgan fingerprint density at radius 1 is 1.12 bits per heavy atom. The predicted octanol–water partition coefficient (Wildman–Crippen LogP) is 4.19. The zero-order valence-electron chi connectivity index (χ0n) is 14.8. The van der Waals surface area contributed by atoms with E-state index in [0.29, 0.717) is 28.5 Å². The molecule has 136 valence electrons. The largest absolute Gasteiger partial charge is 0.493 e. The van der Waals surface area contributed by atoms with Gasteiger partial charge in [-0.15, -0.1) is 0 Å². The van der Waals surface area contributed by atoms with E-state index in [-0.39, 0.29) is 0 Å². The van der Waals surface area contributed by atoms with Crippen molar-refractivity contribution in [2.75, 3.05) is 6.61 Å². The van der Waals surface area contributed by atoms with Crippen LogP contribution in [0.4, 0.5) is 0 Å². The second-order valence-corrected chi connectivity index (χ2v) is 7.13. The van der Waals surface area contributed by atoms with Gasteiger partial charge in [-0.3, -0.25) is 4.57 Å². The topological polar surface area (TPSA) is 61.4 Å². The van der Waals surface area contributed by atoms with Gasteiger partial charge in [-0.25, -0.2) is 9.59 Å². The summed E-state index contributed by atoms with van der Waals surface area (Å²) >= 11 is 3.46. The van der Waals surface area contributed by atoms with Crippen molar-refractivity contribution in [1.29, 1.82) is 0 Å². The van der Waals surface area contributed by atoms with Crippen LogP contribution in [0.2, 0.25) is 0 Å². The zero-order valence-corrected chi connectivity index (χ0v) is 16.3. The highest BCUT2D eigenvalue weighted by Crippen LogP contribution is 2.23. The van der Waals surface area contributed by atoms with E-state index in [0.717, 1.165) is 29.7 Å². The number of unbranched alkanes of at least 4 members (excludes halogenated alkanes) is 1. The van der Waals surface area contributed by atoms with Gasteiger partial charge < -0.3 is 9.15 Å². The monoisotopic (exact) mass is 417 g/mol. The number of rotatable bonds is 6. The Morgan fingerprint density at radius 3 is 2.65 bits per heavy atom. The lowest BCUT2D eigenvalue weighted by Crippen LogP contribution is -2.25. The lowest BCUT2D eigenvalue weighted by Gasteiger charge is -2.11. The van der Waals surface area contributed by atoms with Crippen LogP contribution in [0.25, 0.3) is 10.9 Å². The third-order valence-corrected chi connectivity index (χ3v) is 4.83. The molecule has 1 heterocycles. The van der Waals surface area contributed by atoms with Gasteiger partial charge in [0.2, 0.25) is 0 Å². The van der Waals surface area contributed by atoms with Gasteiger partial charge in [-0.1, -0.05) is 18.2 Å². The van der Waals surface area contributed by atoms with E-state index in [9.17, 15) is 9.59 Å². The van der Waals surface area contributed by atoms with Gasteiger partial charge in [0.15, 0.2) is 0 Å². The van der Waals surface area contributed by atoms with Crippen molar-refractivity contribution in [2.45, 2.75) is 33.2 Å². The number of benzene rings is 2. The predicted molar refractivity (Wildman–Crippen MR) is 105 cm³/mol. The minimum absolute atomic E-state index is 0.410. The van der Waals surface area contributed by atoms with Crippen molar-refractivity contribution >= 4 is 26.8 Å². The third-order valence-electron chi connectivity index (χ3n) is 4.23. The molecule has 3 aromatic rings. The minimum atomic E-state index is -0.633. The molecule has 0 N–H and O–H groups in total. The summed E-state index contributed by atoms with van der Waals surface area (Å²) < 4.78 is 12.9. The zero-order chi connectivity index (χ0) is 18.7. The van der Waals surface area contributed by atoms with E-state index in [1.165, 1.54) is 4.57 Å².